The summed E-state index contributed by atoms with van der Waals surface area (Å²) in [6.45, 7) is 6.05. The summed E-state index contributed by atoms with van der Waals surface area (Å²) >= 11 is 0. The van der Waals surface area contributed by atoms with Crippen LogP contribution in [0, 0.1) is 13.8 Å². The molecule has 4 heteroatoms. The SMILES string of the molecule is Cc1ccc(C)c(C(=O)CN2CCN(C)C(=O)C2)c1. The Kier molecular flexibility index (Phi) is 4.00. The average molecular weight is 260 g/mol. The van der Waals surface area contributed by atoms with Crippen LogP contribution < -0.4 is 0 Å². The van der Waals surface area contributed by atoms with Gasteiger partial charge >= 0.3 is 0 Å². The summed E-state index contributed by atoms with van der Waals surface area (Å²) in [6, 6.07) is 5.90. The molecule has 1 aliphatic heterocycles. The molecule has 0 bridgehead atoms. The van der Waals surface area contributed by atoms with E-state index in [1.54, 1.807) is 11.9 Å². The Hall–Kier alpha value is -1.68. The molecule has 0 atom stereocenters. The van der Waals surface area contributed by atoms with Gasteiger partial charge in [0.25, 0.3) is 0 Å². The molecule has 1 saturated heterocycles. The number of rotatable bonds is 3. The molecule has 1 heterocycles. The van der Waals surface area contributed by atoms with Crippen LogP contribution in [0.1, 0.15) is 21.5 Å². The summed E-state index contributed by atoms with van der Waals surface area (Å²) in [5.41, 5.74) is 2.85. The van der Waals surface area contributed by atoms with E-state index in [0.29, 0.717) is 19.6 Å². The van der Waals surface area contributed by atoms with Crippen molar-refractivity contribution >= 4 is 11.7 Å². The number of aryl methyl sites for hydroxylation is 2. The van der Waals surface area contributed by atoms with Crippen LogP contribution >= 0.6 is 0 Å². The minimum Gasteiger partial charge on any atom is -0.343 e. The lowest BCUT2D eigenvalue weighted by atomic mass is 10.0. The predicted octanol–water partition coefficient (Wildman–Crippen LogP) is 1.26. The maximum Gasteiger partial charge on any atom is 0.236 e. The Morgan fingerprint density at radius 1 is 1.26 bits per heavy atom. The van der Waals surface area contributed by atoms with Crippen molar-refractivity contribution in [3.8, 4) is 0 Å². The minimum absolute atomic E-state index is 0.0833. The van der Waals surface area contributed by atoms with Gasteiger partial charge in [-0.1, -0.05) is 17.7 Å². The molecule has 2 rings (SSSR count). The van der Waals surface area contributed by atoms with E-state index in [2.05, 4.69) is 0 Å². The zero-order valence-electron chi connectivity index (χ0n) is 11.8. The fourth-order valence-electron chi connectivity index (χ4n) is 2.27. The van der Waals surface area contributed by atoms with Crippen LogP contribution in [0.15, 0.2) is 18.2 Å². The predicted molar refractivity (Wildman–Crippen MR) is 74.3 cm³/mol. The van der Waals surface area contributed by atoms with Gasteiger partial charge in [-0.2, -0.15) is 0 Å². The van der Waals surface area contributed by atoms with E-state index in [1.165, 1.54) is 0 Å². The minimum atomic E-state index is 0.0833. The van der Waals surface area contributed by atoms with Gasteiger partial charge in [-0.3, -0.25) is 14.5 Å². The fraction of sp³-hybridized carbons (Fsp3) is 0.467. The third-order valence-electron chi connectivity index (χ3n) is 3.60. The number of hydrogen-bond donors (Lipinski definition) is 0. The van der Waals surface area contributed by atoms with Crippen LogP contribution in [0.3, 0.4) is 0 Å². The van der Waals surface area contributed by atoms with Gasteiger partial charge in [-0.15, -0.1) is 0 Å². The summed E-state index contributed by atoms with van der Waals surface area (Å²) in [5, 5.41) is 0. The van der Waals surface area contributed by atoms with Gasteiger partial charge in [0.05, 0.1) is 13.1 Å². The zero-order valence-corrected chi connectivity index (χ0v) is 11.8. The zero-order chi connectivity index (χ0) is 14.0. The number of carbonyl (C=O) groups excluding carboxylic acids is 2. The highest BCUT2D eigenvalue weighted by Crippen LogP contribution is 2.12. The van der Waals surface area contributed by atoms with Gasteiger partial charge in [-0.05, 0) is 25.5 Å². The molecule has 4 nitrogen and oxygen atoms in total. The number of likely N-dealkylation sites (N-methyl/N-ethyl adjacent to an activating group) is 1. The van der Waals surface area contributed by atoms with Gasteiger partial charge in [0, 0.05) is 25.7 Å². The molecule has 1 aliphatic rings. The molecule has 19 heavy (non-hydrogen) atoms. The molecule has 0 N–H and O–H groups in total. The first kappa shape index (κ1) is 13.7. The summed E-state index contributed by atoms with van der Waals surface area (Å²) in [6.07, 6.45) is 0. The second-order valence-electron chi connectivity index (χ2n) is 5.27. The number of piperazine rings is 1. The number of carbonyl (C=O) groups is 2. The molecule has 0 aromatic heterocycles. The van der Waals surface area contributed by atoms with Crippen molar-refractivity contribution in [2.75, 3.05) is 33.2 Å². The molecular formula is C15H20N2O2. The molecule has 1 fully saturated rings. The smallest absolute Gasteiger partial charge is 0.236 e. The highest BCUT2D eigenvalue weighted by molar-refractivity contribution is 5.99. The molecule has 0 spiro atoms. The van der Waals surface area contributed by atoms with Crippen LogP contribution in [0.2, 0.25) is 0 Å². The van der Waals surface area contributed by atoms with E-state index in [-0.39, 0.29) is 11.7 Å². The Morgan fingerprint density at radius 3 is 2.68 bits per heavy atom. The van der Waals surface area contributed by atoms with Crippen molar-refractivity contribution in [2.45, 2.75) is 13.8 Å². The van der Waals surface area contributed by atoms with Gasteiger partial charge in [0.2, 0.25) is 5.91 Å². The van der Waals surface area contributed by atoms with Crippen molar-refractivity contribution in [2.24, 2.45) is 0 Å². The average Bonchev–Trinajstić information content (AvgIpc) is 2.36. The van der Waals surface area contributed by atoms with Crippen molar-refractivity contribution in [3.63, 3.8) is 0 Å². The molecular weight excluding hydrogens is 240 g/mol. The van der Waals surface area contributed by atoms with Crippen molar-refractivity contribution in [1.82, 2.24) is 9.80 Å². The summed E-state index contributed by atoms with van der Waals surface area (Å²) < 4.78 is 0. The van der Waals surface area contributed by atoms with Crippen LogP contribution in [-0.4, -0.2) is 54.7 Å². The standard InChI is InChI=1S/C15H20N2O2/c1-11-4-5-12(2)13(8-11)14(18)9-17-7-6-16(3)15(19)10-17/h4-5,8H,6-7,9-10H2,1-3H3. The second-order valence-corrected chi connectivity index (χ2v) is 5.27. The van der Waals surface area contributed by atoms with E-state index < -0.39 is 0 Å². The number of hydrogen-bond acceptors (Lipinski definition) is 3. The molecule has 0 unspecified atom stereocenters. The Morgan fingerprint density at radius 2 is 2.00 bits per heavy atom. The van der Waals surface area contributed by atoms with Crippen LogP contribution in [-0.2, 0) is 4.79 Å². The summed E-state index contributed by atoms with van der Waals surface area (Å²) in [5.74, 6) is 0.179. The number of amides is 1. The van der Waals surface area contributed by atoms with Gasteiger partial charge in [0.1, 0.15) is 0 Å². The molecule has 1 aromatic rings. The quantitative estimate of drug-likeness (QED) is 0.768. The summed E-state index contributed by atoms with van der Waals surface area (Å²) in [7, 11) is 1.80. The van der Waals surface area contributed by atoms with Gasteiger partial charge in [0.15, 0.2) is 5.78 Å². The number of ketones is 1. The second kappa shape index (κ2) is 5.53. The van der Waals surface area contributed by atoms with Crippen LogP contribution in [0.5, 0.6) is 0 Å². The maximum atomic E-state index is 12.3. The lowest BCUT2D eigenvalue weighted by Crippen LogP contribution is -2.49. The van der Waals surface area contributed by atoms with Gasteiger partial charge < -0.3 is 4.90 Å². The third-order valence-corrected chi connectivity index (χ3v) is 3.60. The first-order valence-electron chi connectivity index (χ1n) is 6.54. The highest BCUT2D eigenvalue weighted by Gasteiger charge is 2.23. The van der Waals surface area contributed by atoms with E-state index in [4.69, 9.17) is 0 Å². The van der Waals surface area contributed by atoms with Crippen LogP contribution in [0.25, 0.3) is 0 Å². The molecule has 1 aromatic carbocycles. The van der Waals surface area contributed by atoms with Crippen molar-refractivity contribution in [3.05, 3.63) is 34.9 Å². The molecule has 0 aliphatic carbocycles. The highest BCUT2D eigenvalue weighted by atomic mass is 16.2. The number of Topliss-reactive ketones (excluding diaryl/α,β-unsaturated/α-hetero) is 1. The fourth-order valence-corrected chi connectivity index (χ4v) is 2.27. The van der Waals surface area contributed by atoms with Crippen LogP contribution in [0.4, 0.5) is 0 Å². The first-order valence-corrected chi connectivity index (χ1v) is 6.54. The van der Waals surface area contributed by atoms with E-state index in [0.717, 1.165) is 23.2 Å². The number of nitrogens with zero attached hydrogens (tertiary/aromatic N) is 2. The van der Waals surface area contributed by atoms with E-state index in [1.807, 2.05) is 36.9 Å². The topological polar surface area (TPSA) is 40.6 Å². The Bertz CT molecular complexity index is 511. The van der Waals surface area contributed by atoms with Crippen molar-refractivity contribution < 1.29 is 9.59 Å². The normalized spacial score (nSPS) is 16.8. The maximum absolute atomic E-state index is 12.3. The third kappa shape index (κ3) is 3.20. The lowest BCUT2D eigenvalue weighted by molar-refractivity contribution is -0.134. The number of benzene rings is 1. The summed E-state index contributed by atoms with van der Waals surface area (Å²) in [4.78, 5) is 27.6. The monoisotopic (exact) mass is 260 g/mol. The van der Waals surface area contributed by atoms with Gasteiger partial charge in [-0.25, -0.2) is 0 Å². The van der Waals surface area contributed by atoms with Crippen molar-refractivity contribution in [1.29, 1.82) is 0 Å². The van der Waals surface area contributed by atoms with E-state index >= 15 is 0 Å². The molecule has 0 radical (unpaired) electrons. The molecule has 102 valence electrons. The molecule has 1 amide bonds. The largest absolute Gasteiger partial charge is 0.343 e. The Balaban J connectivity index is 2.05. The van der Waals surface area contributed by atoms with E-state index in [9.17, 15) is 9.59 Å². The lowest BCUT2D eigenvalue weighted by Gasteiger charge is -2.31. The molecule has 0 saturated carbocycles. The first-order chi connectivity index (χ1) is 8.97. The Labute approximate surface area is 114 Å².